The zero-order valence-corrected chi connectivity index (χ0v) is 20.4. The van der Waals surface area contributed by atoms with Crippen molar-refractivity contribution in [2.24, 2.45) is 5.92 Å². The summed E-state index contributed by atoms with van der Waals surface area (Å²) < 4.78 is 4.95. The van der Waals surface area contributed by atoms with Crippen molar-refractivity contribution in [1.29, 1.82) is 0 Å². The van der Waals surface area contributed by atoms with Crippen molar-refractivity contribution in [3.63, 3.8) is 0 Å². The molecule has 0 saturated carbocycles. The minimum atomic E-state index is -0.446. The molecule has 1 heterocycles. The van der Waals surface area contributed by atoms with Crippen LogP contribution in [0.5, 0.6) is 0 Å². The molecule has 1 aliphatic rings. The van der Waals surface area contributed by atoms with Gasteiger partial charge in [-0.2, -0.15) is 0 Å². The van der Waals surface area contributed by atoms with Crippen LogP contribution in [0.4, 0.5) is 0 Å². The Balaban J connectivity index is 0.000000249. The normalized spacial score (nSPS) is 15.0. The SMILES string of the molecule is CC1=[C-]C(C(C)C)OC1=O.[Au+].c1ccc(P(c2ccccc2)c2ccccc2)cc1. The Bertz CT molecular complexity index is 847. The average molecular weight is 598 g/mol. The van der Waals surface area contributed by atoms with Crippen LogP contribution in [0.25, 0.3) is 0 Å². The summed E-state index contributed by atoms with van der Waals surface area (Å²) in [5.41, 5.74) is 0.610. The Morgan fingerprint density at radius 1 is 0.767 bits per heavy atom. The Morgan fingerprint density at radius 3 is 1.37 bits per heavy atom. The average Bonchev–Trinajstić information content (AvgIpc) is 3.10. The third-order valence-electron chi connectivity index (χ3n) is 4.55. The summed E-state index contributed by atoms with van der Waals surface area (Å²) in [6.45, 7) is 5.73. The maximum Gasteiger partial charge on any atom is 1.00 e. The van der Waals surface area contributed by atoms with Crippen LogP contribution < -0.4 is 15.9 Å². The Kier molecular flexibility index (Phi) is 9.75. The van der Waals surface area contributed by atoms with E-state index in [0.717, 1.165) is 0 Å². The van der Waals surface area contributed by atoms with E-state index in [1.807, 2.05) is 13.8 Å². The molecule has 0 spiro atoms. The van der Waals surface area contributed by atoms with Gasteiger partial charge in [-0.3, -0.25) is 0 Å². The fourth-order valence-corrected chi connectivity index (χ4v) is 5.29. The van der Waals surface area contributed by atoms with Crippen molar-refractivity contribution >= 4 is 29.8 Å². The number of rotatable bonds is 4. The van der Waals surface area contributed by atoms with Crippen LogP contribution in [0.15, 0.2) is 96.6 Å². The molecular formula is C26H26AuO2P. The van der Waals surface area contributed by atoms with Gasteiger partial charge in [-0.05, 0) is 29.8 Å². The molecule has 0 bridgehead atoms. The predicted octanol–water partition coefficient (Wildman–Crippen LogP) is 4.76. The first-order chi connectivity index (χ1) is 14.1. The number of carbonyl (C=O) groups excluding carboxylic acids is 1. The fourth-order valence-electron chi connectivity index (χ4n) is 2.99. The van der Waals surface area contributed by atoms with Gasteiger partial charge in [0.05, 0.1) is 0 Å². The molecule has 0 amide bonds. The molecule has 0 aromatic heterocycles. The van der Waals surface area contributed by atoms with Crippen LogP contribution in [0.1, 0.15) is 20.8 Å². The molecule has 0 N–H and O–H groups in total. The molecule has 3 aromatic rings. The standard InChI is InChI=1S/C18H15P.C8H11O2.Au/c1-4-10-16(11-5-1)19(17-12-6-2-7-13-17)18-14-8-3-9-15-18;1-5(2)7-4-6(3)8(9)10-7;/h1-15H;5,7H,1-3H3;/q;-1;+1. The van der Waals surface area contributed by atoms with Gasteiger partial charge in [0.1, 0.15) is 0 Å². The molecule has 0 radical (unpaired) electrons. The second kappa shape index (κ2) is 12.0. The Labute approximate surface area is 196 Å². The maximum atomic E-state index is 10.8. The summed E-state index contributed by atoms with van der Waals surface area (Å²) in [5, 5.41) is 4.19. The second-order valence-corrected chi connectivity index (χ2v) is 9.40. The smallest absolute Gasteiger partial charge is 0.558 e. The van der Waals surface area contributed by atoms with Crippen molar-refractivity contribution in [3.8, 4) is 0 Å². The van der Waals surface area contributed by atoms with E-state index in [1.54, 1.807) is 6.92 Å². The largest absolute Gasteiger partial charge is 1.00 e. The van der Waals surface area contributed by atoms with Crippen molar-refractivity contribution in [2.75, 3.05) is 0 Å². The van der Waals surface area contributed by atoms with Crippen molar-refractivity contribution < 1.29 is 31.9 Å². The maximum absolute atomic E-state index is 10.8. The summed E-state index contributed by atoms with van der Waals surface area (Å²) >= 11 is 0. The monoisotopic (exact) mass is 598 g/mol. The molecule has 3 aromatic carbocycles. The first-order valence-electron chi connectivity index (χ1n) is 9.82. The molecule has 0 aliphatic carbocycles. The zero-order chi connectivity index (χ0) is 20.6. The molecular weight excluding hydrogens is 572 g/mol. The van der Waals surface area contributed by atoms with Crippen molar-refractivity contribution in [1.82, 2.24) is 0 Å². The molecule has 2 nitrogen and oxygen atoms in total. The number of ether oxygens (including phenoxy) is 1. The first kappa shape index (κ1) is 24.3. The first-order valence-corrected chi connectivity index (χ1v) is 11.2. The number of benzene rings is 3. The van der Waals surface area contributed by atoms with Gasteiger partial charge in [0.15, 0.2) is 5.97 Å². The van der Waals surface area contributed by atoms with Crippen LogP contribution in [0.3, 0.4) is 0 Å². The third-order valence-corrected chi connectivity index (χ3v) is 6.99. The zero-order valence-electron chi connectivity index (χ0n) is 17.4. The Morgan fingerprint density at radius 2 is 1.13 bits per heavy atom. The predicted molar refractivity (Wildman–Crippen MR) is 122 cm³/mol. The summed E-state index contributed by atoms with van der Waals surface area (Å²) in [7, 11) is -0.446. The molecule has 4 heteroatoms. The molecule has 30 heavy (non-hydrogen) atoms. The van der Waals surface area contributed by atoms with E-state index in [9.17, 15) is 4.79 Å². The number of cyclic esters (lactones) is 1. The summed E-state index contributed by atoms with van der Waals surface area (Å²) in [4.78, 5) is 10.8. The molecule has 1 aliphatic heterocycles. The quantitative estimate of drug-likeness (QED) is 0.188. The molecule has 158 valence electrons. The van der Waals surface area contributed by atoms with E-state index in [1.165, 1.54) is 15.9 Å². The number of hydrogen-bond donors (Lipinski definition) is 0. The minimum absolute atomic E-state index is 0. The number of esters is 1. The van der Waals surface area contributed by atoms with E-state index in [4.69, 9.17) is 4.74 Å². The molecule has 0 saturated heterocycles. The molecule has 0 fully saturated rings. The number of carbonyl (C=O) groups is 1. The van der Waals surface area contributed by atoms with Gasteiger partial charge in [0.2, 0.25) is 0 Å². The van der Waals surface area contributed by atoms with E-state index in [2.05, 4.69) is 97.1 Å². The van der Waals surface area contributed by atoms with Crippen molar-refractivity contribution in [2.45, 2.75) is 26.9 Å². The van der Waals surface area contributed by atoms with Gasteiger partial charge in [-0.15, -0.1) is 5.57 Å². The topological polar surface area (TPSA) is 26.3 Å². The summed E-state index contributed by atoms with van der Waals surface area (Å²) in [6, 6.07) is 32.3. The van der Waals surface area contributed by atoms with Gasteiger partial charge in [-0.1, -0.05) is 112 Å². The number of hydrogen-bond acceptors (Lipinski definition) is 2. The second-order valence-electron chi connectivity index (χ2n) is 7.18. The van der Waals surface area contributed by atoms with Crippen LogP contribution in [-0.2, 0) is 31.9 Å². The van der Waals surface area contributed by atoms with Crippen molar-refractivity contribution in [3.05, 3.63) is 103 Å². The van der Waals surface area contributed by atoms with Gasteiger partial charge in [-0.25, -0.2) is 6.08 Å². The van der Waals surface area contributed by atoms with E-state index < -0.39 is 7.92 Å². The molecule has 1 atom stereocenters. The summed E-state index contributed by atoms with van der Waals surface area (Å²) in [5.74, 6) is 0.111. The van der Waals surface area contributed by atoms with Crippen LogP contribution in [0, 0.1) is 12.0 Å². The third kappa shape index (κ3) is 6.52. The van der Waals surface area contributed by atoms with E-state index in [0.29, 0.717) is 11.5 Å². The summed E-state index contributed by atoms with van der Waals surface area (Å²) in [6.07, 6.45) is 2.83. The van der Waals surface area contributed by atoms with Gasteiger partial charge in [0.25, 0.3) is 0 Å². The fraction of sp³-hybridized carbons (Fsp3) is 0.192. The minimum Gasteiger partial charge on any atom is -0.558 e. The van der Waals surface area contributed by atoms with Crippen LogP contribution in [0.2, 0.25) is 0 Å². The van der Waals surface area contributed by atoms with Crippen LogP contribution >= 0.6 is 7.92 Å². The van der Waals surface area contributed by atoms with Gasteiger partial charge < -0.3 is 9.53 Å². The van der Waals surface area contributed by atoms with E-state index in [-0.39, 0.29) is 34.5 Å². The molecule has 4 rings (SSSR count). The van der Waals surface area contributed by atoms with Gasteiger partial charge in [0, 0.05) is 6.10 Å². The molecule has 1 unspecified atom stereocenters. The van der Waals surface area contributed by atoms with Gasteiger partial charge >= 0.3 is 22.4 Å². The van der Waals surface area contributed by atoms with Crippen LogP contribution in [-0.4, -0.2) is 12.1 Å². The van der Waals surface area contributed by atoms with E-state index >= 15 is 0 Å². The Hall–Kier alpha value is -1.96.